The highest BCUT2D eigenvalue weighted by atomic mass is 79.9. The number of hydrogen-bond acceptors (Lipinski definition) is 6. The second-order valence-corrected chi connectivity index (χ2v) is 9.23. The zero-order valence-electron chi connectivity index (χ0n) is 20.4. The molecule has 0 aliphatic carbocycles. The topological polar surface area (TPSA) is 83.3 Å². The number of ketones is 1. The van der Waals surface area contributed by atoms with E-state index in [2.05, 4.69) is 26.0 Å². The first kappa shape index (κ1) is 25.1. The van der Waals surface area contributed by atoms with Crippen LogP contribution in [0.15, 0.2) is 108 Å². The molecule has 4 aromatic carbocycles. The fourth-order valence-electron chi connectivity index (χ4n) is 3.85. The molecule has 0 amide bonds. The number of aromatic nitrogens is 3. The number of esters is 1. The summed E-state index contributed by atoms with van der Waals surface area (Å²) in [5.74, 6) is -0.108. The second-order valence-electron chi connectivity index (χ2n) is 8.32. The van der Waals surface area contributed by atoms with Gasteiger partial charge in [-0.05, 0) is 47.5 Å². The molecule has 5 rings (SSSR count). The van der Waals surface area contributed by atoms with E-state index in [-0.39, 0.29) is 11.6 Å². The van der Waals surface area contributed by atoms with Crippen LogP contribution in [0.2, 0.25) is 0 Å². The molecule has 0 N–H and O–H groups in total. The maximum Gasteiger partial charge on any atom is 0.378 e. The summed E-state index contributed by atoms with van der Waals surface area (Å²) < 4.78 is 13.0. The van der Waals surface area contributed by atoms with Gasteiger partial charge < -0.3 is 9.47 Å². The van der Waals surface area contributed by atoms with Gasteiger partial charge in [-0.25, -0.2) is 14.5 Å². The van der Waals surface area contributed by atoms with Crippen LogP contribution < -0.4 is 4.74 Å². The van der Waals surface area contributed by atoms with E-state index < -0.39 is 12.6 Å². The summed E-state index contributed by atoms with van der Waals surface area (Å²) in [5.41, 5.74) is 3.94. The van der Waals surface area contributed by atoms with Gasteiger partial charge in [-0.2, -0.15) is 0 Å². The van der Waals surface area contributed by atoms with Gasteiger partial charge in [-0.15, -0.1) is 5.10 Å². The monoisotopic (exact) mass is 567 g/mol. The van der Waals surface area contributed by atoms with Crippen LogP contribution in [0, 0.1) is 0 Å². The van der Waals surface area contributed by atoms with Crippen LogP contribution in [-0.4, -0.2) is 40.2 Å². The van der Waals surface area contributed by atoms with E-state index in [1.54, 1.807) is 36.1 Å². The number of halogens is 1. The smallest absolute Gasteiger partial charge is 0.378 e. The molecule has 7 nitrogen and oxygen atoms in total. The normalized spacial score (nSPS) is 10.7. The Morgan fingerprint density at radius 3 is 2.08 bits per heavy atom. The Balaban J connectivity index is 1.34. The van der Waals surface area contributed by atoms with Crippen molar-refractivity contribution in [2.75, 3.05) is 13.7 Å². The highest BCUT2D eigenvalue weighted by Gasteiger charge is 2.21. The molecule has 1 aromatic heterocycles. The molecule has 0 aliphatic heterocycles. The molecule has 0 spiro atoms. The third-order valence-electron chi connectivity index (χ3n) is 5.86. The van der Waals surface area contributed by atoms with Gasteiger partial charge >= 0.3 is 5.97 Å². The van der Waals surface area contributed by atoms with Crippen LogP contribution in [-0.2, 0) is 4.74 Å². The van der Waals surface area contributed by atoms with Gasteiger partial charge in [0.05, 0.1) is 12.8 Å². The first-order chi connectivity index (χ1) is 18.5. The Bertz CT molecular complexity index is 1560. The molecule has 0 atom stereocenters. The SMILES string of the molecule is COc1ccc(-n2nc(C(=O)OCC(=O)c3ccc(-c4ccccc4)cc3)nc2-c2ccc(Br)cc2)cc1. The van der Waals surface area contributed by atoms with E-state index in [9.17, 15) is 9.59 Å². The second kappa shape index (κ2) is 11.2. The molecule has 0 bridgehead atoms. The van der Waals surface area contributed by atoms with Crippen LogP contribution in [0.5, 0.6) is 5.75 Å². The summed E-state index contributed by atoms with van der Waals surface area (Å²) in [6.45, 7) is -0.422. The first-order valence-corrected chi connectivity index (χ1v) is 12.5. The Hall–Kier alpha value is -4.56. The van der Waals surface area contributed by atoms with Gasteiger partial charge in [-0.1, -0.05) is 82.7 Å². The highest BCUT2D eigenvalue weighted by Crippen LogP contribution is 2.25. The van der Waals surface area contributed by atoms with Crippen molar-refractivity contribution in [3.05, 3.63) is 119 Å². The zero-order chi connectivity index (χ0) is 26.5. The number of carbonyl (C=O) groups excluding carboxylic acids is 2. The molecule has 0 unspecified atom stereocenters. The first-order valence-electron chi connectivity index (χ1n) is 11.7. The lowest BCUT2D eigenvalue weighted by Crippen LogP contribution is -2.15. The summed E-state index contributed by atoms with van der Waals surface area (Å²) in [4.78, 5) is 30.0. The van der Waals surface area contributed by atoms with Crippen LogP contribution in [0.1, 0.15) is 21.0 Å². The van der Waals surface area contributed by atoms with Gasteiger partial charge in [0, 0.05) is 15.6 Å². The van der Waals surface area contributed by atoms with Crippen molar-refractivity contribution in [1.29, 1.82) is 0 Å². The van der Waals surface area contributed by atoms with Crippen LogP contribution in [0.3, 0.4) is 0 Å². The van der Waals surface area contributed by atoms with Crippen molar-refractivity contribution in [3.63, 3.8) is 0 Å². The van der Waals surface area contributed by atoms with Crippen molar-refractivity contribution < 1.29 is 19.1 Å². The Morgan fingerprint density at radius 2 is 1.42 bits per heavy atom. The maximum absolute atomic E-state index is 12.9. The molecule has 188 valence electrons. The Labute approximate surface area is 227 Å². The fourth-order valence-corrected chi connectivity index (χ4v) is 4.11. The summed E-state index contributed by atoms with van der Waals surface area (Å²) in [5, 5.41) is 4.40. The molecule has 1 heterocycles. The summed E-state index contributed by atoms with van der Waals surface area (Å²) in [6, 6.07) is 31.7. The number of hydrogen-bond donors (Lipinski definition) is 0. The largest absolute Gasteiger partial charge is 0.497 e. The summed E-state index contributed by atoms with van der Waals surface area (Å²) in [6.07, 6.45) is 0. The minimum Gasteiger partial charge on any atom is -0.497 e. The summed E-state index contributed by atoms with van der Waals surface area (Å²) >= 11 is 3.43. The predicted octanol–water partition coefficient (Wildman–Crippen LogP) is 6.41. The quantitative estimate of drug-likeness (QED) is 0.159. The van der Waals surface area contributed by atoms with E-state index >= 15 is 0 Å². The number of rotatable bonds is 8. The minimum atomic E-state index is -0.787. The van der Waals surface area contributed by atoms with E-state index in [0.717, 1.165) is 21.2 Å². The molecule has 38 heavy (non-hydrogen) atoms. The molecular weight excluding hydrogens is 546 g/mol. The average molecular weight is 568 g/mol. The van der Waals surface area contributed by atoms with Crippen LogP contribution >= 0.6 is 15.9 Å². The Kier molecular flexibility index (Phi) is 7.42. The van der Waals surface area contributed by atoms with Crippen molar-refractivity contribution in [1.82, 2.24) is 14.8 Å². The van der Waals surface area contributed by atoms with Crippen LogP contribution in [0.25, 0.3) is 28.2 Å². The zero-order valence-corrected chi connectivity index (χ0v) is 22.0. The van der Waals surface area contributed by atoms with Gasteiger partial charge in [0.2, 0.25) is 0 Å². The van der Waals surface area contributed by atoms with Crippen molar-refractivity contribution in [3.8, 4) is 34.0 Å². The van der Waals surface area contributed by atoms with Crippen molar-refractivity contribution in [2.24, 2.45) is 0 Å². The van der Waals surface area contributed by atoms with Crippen molar-refractivity contribution in [2.45, 2.75) is 0 Å². The van der Waals surface area contributed by atoms with Gasteiger partial charge in [-0.3, -0.25) is 4.79 Å². The highest BCUT2D eigenvalue weighted by molar-refractivity contribution is 9.10. The van der Waals surface area contributed by atoms with Gasteiger partial charge in [0.25, 0.3) is 5.82 Å². The fraction of sp³-hybridized carbons (Fsp3) is 0.0667. The molecule has 0 saturated heterocycles. The number of benzene rings is 4. The minimum absolute atomic E-state index is 0.147. The average Bonchev–Trinajstić information content (AvgIpc) is 3.42. The number of methoxy groups -OCH3 is 1. The number of ether oxygens (including phenoxy) is 2. The van der Waals surface area contributed by atoms with Gasteiger partial charge in [0.1, 0.15) is 5.75 Å². The standard InChI is InChI=1S/C30H22BrN3O4/c1-37-26-17-15-25(16-18-26)34-29(23-11-13-24(31)14-12-23)32-28(33-34)30(36)38-19-27(35)22-9-7-21(8-10-22)20-5-3-2-4-6-20/h2-18H,19H2,1H3. The van der Waals surface area contributed by atoms with Crippen LogP contribution in [0.4, 0.5) is 0 Å². The molecule has 5 aromatic rings. The lowest BCUT2D eigenvalue weighted by atomic mass is 10.0. The lowest BCUT2D eigenvalue weighted by Gasteiger charge is -2.07. The third-order valence-corrected chi connectivity index (χ3v) is 6.39. The van der Waals surface area contributed by atoms with E-state index in [4.69, 9.17) is 9.47 Å². The number of carbonyl (C=O) groups is 2. The molecule has 0 aliphatic rings. The molecule has 8 heteroatoms. The maximum atomic E-state index is 12.9. The number of Topliss-reactive ketones (excluding diaryl/α,β-unsaturated/α-hetero) is 1. The molecule has 0 saturated carbocycles. The predicted molar refractivity (Wildman–Crippen MR) is 148 cm³/mol. The third kappa shape index (κ3) is 5.55. The van der Waals surface area contributed by atoms with E-state index in [1.807, 2.05) is 78.9 Å². The van der Waals surface area contributed by atoms with E-state index in [0.29, 0.717) is 22.8 Å². The number of nitrogens with zero attached hydrogens (tertiary/aromatic N) is 3. The van der Waals surface area contributed by atoms with Gasteiger partial charge in [0.15, 0.2) is 18.2 Å². The molecule has 0 radical (unpaired) electrons. The lowest BCUT2D eigenvalue weighted by molar-refractivity contribution is 0.0462. The van der Waals surface area contributed by atoms with Crippen molar-refractivity contribution >= 4 is 27.7 Å². The summed E-state index contributed by atoms with van der Waals surface area (Å²) in [7, 11) is 1.59. The Morgan fingerprint density at radius 1 is 0.789 bits per heavy atom. The van der Waals surface area contributed by atoms with E-state index in [1.165, 1.54) is 0 Å². The molecular formula is C30H22BrN3O4. The molecule has 0 fully saturated rings.